The van der Waals surface area contributed by atoms with E-state index >= 15 is 0 Å². The van der Waals surface area contributed by atoms with Gasteiger partial charge in [-0.3, -0.25) is 4.90 Å². The monoisotopic (exact) mass is 407 g/mol. The Morgan fingerprint density at radius 3 is 2.22 bits per heavy atom. The second-order valence-corrected chi connectivity index (χ2v) is 9.07. The smallest absolute Gasteiger partial charge is 0.321 e. The summed E-state index contributed by atoms with van der Waals surface area (Å²) in [6.45, 7) is 2.07. The van der Waals surface area contributed by atoms with Gasteiger partial charge in [-0.05, 0) is 36.8 Å². The summed E-state index contributed by atoms with van der Waals surface area (Å²) in [5.74, 6) is 0. The molecule has 2 atom stereocenters. The first kappa shape index (κ1) is 19.7. The highest BCUT2D eigenvalue weighted by molar-refractivity contribution is 7.89. The third kappa shape index (κ3) is 3.67. The van der Waals surface area contributed by atoms with Crippen molar-refractivity contribution in [2.45, 2.75) is 24.0 Å². The maximum absolute atomic E-state index is 13.3. The molecule has 0 aromatic heterocycles. The van der Waals surface area contributed by atoms with Crippen LogP contribution in [0.25, 0.3) is 0 Å². The van der Waals surface area contributed by atoms with Gasteiger partial charge in [0.05, 0.1) is 4.90 Å². The number of nitrogens with zero attached hydrogens (tertiary/aromatic N) is 3. The summed E-state index contributed by atoms with van der Waals surface area (Å²) in [4.78, 5) is 16.0. The summed E-state index contributed by atoms with van der Waals surface area (Å²) in [5, 5.41) is 0.466. The third-order valence-electron chi connectivity index (χ3n) is 4.58. The van der Waals surface area contributed by atoms with E-state index in [-0.39, 0.29) is 23.5 Å². The lowest BCUT2D eigenvalue weighted by Gasteiger charge is -2.33. The van der Waals surface area contributed by atoms with Crippen molar-refractivity contribution >= 4 is 27.7 Å². The van der Waals surface area contributed by atoms with E-state index in [1.54, 1.807) is 31.1 Å². The van der Waals surface area contributed by atoms with Crippen LogP contribution in [0.3, 0.4) is 0 Å². The minimum atomic E-state index is -3.82. The normalized spacial score (nSPS) is 20.7. The number of rotatable bonds is 3. The molecular weight excluding hydrogens is 386 g/mol. The van der Waals surface area contributed by atoms with E-state index in [0.29, 0.717) is 5.02 Å². The molecule has 0 aliphatic carbocycles. The van der Waals surface area contributed by atoms with Crippen LogP contribution < -0.4 is 0 Å². The topological polar surface area (TPSA) is 60.9 Å². The fourth-order valence-corrected chi connectivity index (χ4v) is 5.05. The zero-order valence-electron chi connectivity index (χ0n) is 15.4. The van der Waals surface area contributed by atoms with E-state index in [0.717, 1.165) is 5.56 Å². The van der Waals surface area contributed by atoms with Crippen LogP contribution in [-0.4, -0.2) is 55.2 Å². The Morgan fingerprint density at radius 2 is 1.67 bits per heavy atom. The summed E-state index contributed by atoms with van der Waals surface area (Å²) >= 11 is 5.90. The molecule has 1 aliphatic heterocycles. The van der Waals surface area contributed by atoms with Crippen molar-refractivity contribution in [3.05, 3.63) is 65.2 Å². The number of urea groups is 1. The van der Waals surface area contributed by atoms with Crippen LogP contribution in [0.5, 0.6) is 0 Å². The van der Waals surface area contributed by atoms with Gasteiger partial charge in [-0.15, -0.1) is 0 Å². The maximum Gasteiger partial charge on any atom is 0.321 e. The molecule has 144 valence electrons. The summed E-state index contributed by atoms with van der Waals surface area (Å²) in [5.41, 5.74) is 0.745. The van der Waals surface area contributed by atoms with E-state index in [1.165, 1.54) is 21.3 Å². The summed E-state index contributed by atoms with van der Waals surface area (Å²) < 4.78 is 28.1. The Hall–Kier alpha value is -2.09. The van der Waals surface area contributed by atoms with Crippen molar-refractivity contribution in [3.63, 3.8) is 0 Å². The van der Waals surface area contributed by atoms with Crippen LogP contribution in [0.15, 0.2) is 59.5 Å². The third-order valence-corrected chi connectivity index (χ3v) is 6.66. The van der Waals surface area contributed by atoms with Crippen molar-refractivity contribution < 1.29 is 13.2 Å². The molecule has 8 heteroatoms. The van der Waals surface area contributed by atoms with Crippen LogP contribution in [0.2, 0.25) is 5.02 Å². The van der Waals surface area contributed by atoms with Gasteiger partial charge in [0, 0.05) is 31.7 Å². The highest BCUT2D eigenvalue weighted by Gasteiger charge is 2.47. The minimum Gasteiger partial charge on any atom is -0.331 e. The van der Waals surface area contributed by atoms with Crippen molar-refractivity contribution in [1.82, 2.24) is 14.1 Å². The summed E-state index contributed by atoms with van der Waals surface area (Å²) in [6.07, 6.45) is -0.711. The lowest BCUT2D eigenvalue weighted by atomic mass is 10.1. The fraction of sp³-hybridized carbons (Fsp3) is 0.316. The standard InChI is InChI=1S/C19H22ClN3O3S/c1-14-13-22(27(25,26)17-11-9-16(20)10-12-17)18(15-7-5-4-6-8-15)23(14)19(24)21(2)3/h4-12,14,18H,13H2,1-3H3. The molecule has 1 fully saturated rings. The molecule has 0 N–H and O–H groups in total. The van der Waals surface area contributed by atoms with Gasteiger partial charge in [-0.2, -0.15) is 4.31 Å². The zero-order chi connectivity index (χ0) is 19.8. The first-order valence-electron chi connectivity index (χ1n) is 8.55. The number of halogens is 1. The fourth-order valence-electron chi connectivity index (χ4n) is 3.28. The number of carbonyl (C=O) groups excluding carboxylic acids is 1. The molecule has 0 spiro atoms. The SMILES string of the molecule is CC1CN(S(=O)(=O)c2ccc(Cl)cc2)C(c2ccccc2)N1C(=O)N(C)C. The van der Waals surface area contributed by atoms with Gasteiger partial charge in [0.15, 0.2) is 0 Å². The Bertz CT molecular complexity index is 917. The van der Waals surface area contributed by atoms with Crippen LogP contribution in [0.1, 0.15) is 18.7 Å². The molecule has 2 amide bonds. The lowest BCUT2D eigenvalue weighted by Crippen LogP contribution is -2.44. The molecule has 27 heavy (non-hydrogen) atoms. The van der Waals surface area contributed by atoms with Crippen LogP contribution in [0, 0.1) is 0 Å². The number of carbonyl (C=O) groups is 1. The average Bonchev–Trinajstić information content (AvgIpc) is 3.00. The van der Waals surface area contributed by atoms with Crippen LogP contribution >= 0.6 is 11.6 Å². The molecule has 1 aliphatic rings. The van der Waals surface area contributed by atoms with Crippen LogP contribution in [-0.2, 0) is 10.0 Å². The second-order valence-electron chi connectivity index (χ2n) is 6.75. The minimum absolute atomic E-state index is 0.152. The van der Waals surface area contributed by atoms with Gasteiger partial charge in [0.2, 0.25) is 10.0 Å². The Balaban J connectivity index is 2.10. The van der Waals surface area contributed by atoms with Gasteiger partial charge in [0.25, 0.3) is 0 Å². The quantitative estimate of drug-likeness (QED) is 0.783. The predicted octanol–water partition coefficient (Wildman–Crippen LogP) is 3.42. The molecular formula is C19H22ClN3O3S. The summed E-state index contributed by atoms with van der Waals surface area (Å²) in [7, 11) is -0.495. The van der Waals surface area contributed by atoms with Gasteiger partial charge in [-0.1, -0.05) is 41.9 Å². The number of hydrogen-bond acceptors (Lipinski definition) is 3. The molecule has 2 unspecified atom stereocenters. The molecule has 0 bridgehead atoms. The van der Waals surface area contributed by atoms with Gasteiger partial charge >= 0.3 is 6.03 Å². The Kier molecular flexibility index (Phi) is 5.46. The number of benzene rings is 2. The predicted molar refractivity (Wildman–Crippen MR) is 105 cm³/mol. The first-order chi connectivity index (χ1) is 12.7. The Morgan fingerprint density at radius 1 is 1.07 bits per heavy atom. The highest BCUT2D eigenvalue weighted by atomic mass is 35.5. The van der Waals surface area contributed by atoms with Crippen molar-refractivity contribution in [3.8, 4) is 0 Å². The lowest BCUT2D eigenvalue weighted by molar-refractivity contribution is 0.138. The largest absolute Gasteiger partial charge is 0.331 e. The van der Waals surface area contributed by atoms with Gasteiger partial charge in [-0.25, -0.2) is 13.2 Å². The molecule has 0 saturated carbocycles. The zero-order valence-corrected chi connectivity index (χ0v) is 17.0. The van der Waals surface area contributed by atoms with Crippen molar-refractivity contribution in [1.29, 1.82) is 0 Å². The molecule has 1 saturated heterocycles. The van der Waals surface area contributed by atoms with E-state index in [2.05, 4.69) is 0 Å². The molecule has 2 aromatic rings. The van der Waals surface area contributed by atoms with Crippen molar-refractivity contribution in [2.75, 3.05) is 20.6 Å². The number of sulfonamides is 1. The molecule has 2 aromatic carbocycles. The Labute approximate surface area is 165 Å². The molecule has 3 rings (SSSR count). The molecule has 6 nitrogen and oxygen atoms in total. The van der Waals surface area contributed by atoms with E-state index in [4.69, 9.17) is 11.6 Å². The van der Waals surface area contributed by atoms with E-state index < -0.39 is 16.2 Å². The van der Waals surface area contributed by atoms with Gasteiger partial charge < -0.3 is 4.90 Å². The van der Waals surface area contributed by atoms with Gasteiger partial charge in [0.1, 0.15) is 6.17 Å². The van der Waals surface area contributed by atoms with Crippen molar-refractivity contribution in [2.24, 2.45) is 0 Å². The molecule has 0 radical (unpaired) electrons. The highest BCUT2D eigenvalue weighted by Crippen LogP contribution is 2.38. The second kappa shape index (κ2) is 7.50. The molecule has 1 heterocycles. The van der Waals surface area contributed by atoms with E-state index in [9.17, 15) is 13.2 Å². The summed E-state index contributed by atoms with van der Waals surface area (Å²) in [6, 6.07) is 14.8. The average molecular weight is 408 g/mol. The van der Waals surface area contributed by atoms with E-state index in [1.807, 2.05) is 37.3 Å². The maximum atomic E-state index is 13.3. The number of amides is 2. The number of hydrogen-bond donors (Lipinski definition) is 0. The first-order valence-corrected chi connectivity index (χ1v) is 10.4. The van der Waals surface area contributed by atoms with Crippen LogP contribution in [0.4, 0.5) is 4.79 Å².